The molecule has 0 aliphatic heterocycles. The Morgan fingerprint density at radius 1 is 1.19 bits per heavy atom. The highest BCUT2D eigenvalue weighted by Crippen LogP contribution is 2.26. The summed E-state index contributed by atoms with van der Waals surface area (Å²) in [7, 11) is -3.84. The van der Waals surface area contributed by atoms with Crippen LogP contribution in [0.25, 0.3) is 0 Å². The zero-order valence-electron chi connectivity index (χ0n) is 11.1. The molecule has 0 spiro atoms. The molecule has 8 heteroatoms. The summed E-state index contributed by atoms with van der Waals surface area (Å²) in [6.07, 6.45) is 1.42. The normalized spacial score (nSPS) is 11.2. The standard InChI is InChI=1S/C13H13Cl2N3O2S/c1-2-16-12-4-3-5-17-13(12)21(19,20)18-11-7-9(14)6-10(15)8-11/h3-8,16,18H,2H2,1H3. The topological polar surface area (TPSA) is 71.1 Å². The van der Waals surface area contributed by atoms with Crippen molar-refractivity contribution in [1.82, 2.24) is 4.98 Å². The van der Waals surface area contributed by atoms with E-state index in [0.717, 1.165) is 0 Å². The number of rotatable bonds is 5. The maximum absolute atomic E-state index is 12.4. The Labute approximate surface area is 133 Å². The van der Waals surface area contributed by atoms with Gasteiger partial charge in [0.1, 0.15) is 0 Å². The molecule has 1 aromatic carbocycles. The predicted molar refractivity (Wildman–Crippen MR) is 85.7 cm³/mol. The highest BCUT2D eigenvalue weighted by Gasteiger charge is 2.20. The van der Waals surface area contributed by atoms with Crippen LogP contribution in [0.3, 0.4) is 0 Å². The van der Waals surface area contributed by atoms with E-state index in [4.69, 9.17) is 23.2 Å². The Morgan fingerprint density at radius 3 is 2.48 bits per heavy atom. The Hall–Kier alpha value is -1.50. The smallest absolute Gasteiger partial charge is 0.281 e. The fourth-order valence-electron chi connectivity index (χ4n) is 1.75. The molecule has 0 saturated heterocycles. The van der Waals surface area contributed by atoms with Crippen molar-refractivity contribution in [3.8, 4) is 0 Å². The van der Waals surface area contributed by atoms with Crippen molar-refractivity contribution in [2.24, 2.45) is 0 Å². The monoisotopic (exact) mass is 345 g/mol. The van der Waals surface area contributed by atoms with E-state index in [1.807, 2.05) is 6.92 Å². The van der Waals surface area contributed by atoms with Gasteiger partial charge in [-0.25, -0.2) is 4.98 Å². The van der Waals surface area contributed by atoms with Crippen LogP contribution in [0.1, 0.15) is 6.92 Å². The van der Waals surface area contributed by atoms with Crippen molar-refractivity contribution in [3.63, 3.8) is 0 Å². The summed E-state index contributed by atoms with van der Waals surface area (Å²) in [5.74, 6) is 0. The number of sulfonamides is 1. The molecular formula is C13H13Cl2N3O2S. The molecule has 0 aliphatic rings. The van der Waals surface area contributed by atoms with Crippen molar-refractivity contribution in [2.75, 3.05) is 16.6 Å². The first kappa shape index (κ1) is 15.9. The summed E-state index contributed by atoms with van der Waals surface area (Å²) in [5.41, 5.74) is 0.709. The van der Waals surface area contributed by atoms with Crippen LogP contribution in [-0.4, -0.2) is 19.9 Å². The number of halogens is 2. The minimum absolute atomic E-state index is 0.0806. The minimum atomic E-state index is -3.84. The van der Waals surface area contributed by atoms with Crippen LogP contribution in [-0.2, 0) is 10.0 Å². The van der Waals surface area contributed by atoms with Gasteiger partial charge in [0.25, 0.3) is 10.0 Å². The molecule has 5 nitrogen and oxygen atoms in total. The fourth-order valence-corrected chi connectivity index (χ4v) is 3.43. The van der Waals surface area contributed by atoms with E-state index in [9.17, 15) is 8.42 Å². The molecule has 0 atom stereocenters. The molecular weight excluding hydrogens is 333 g/mol. The molecule has 1 heterocycles. The molecule has 0 aliphatic carbocycles. The third-order valence-corrected chi connectivity index (χ3v) is 4.28. The molecule has 0 unspecified atom stereocenters. The lowest BCUT2D eigenvalue weighted by Crippen LogP contribution is -2.17. The molecule has 0 fully saturated rings. The third kappa shape index (κ3) is 4.00. The van der Waals surface area contributed by atoms with Crippen molar-refractivity contribution in [1.29, 1.82) is 0 Å². The molecule has 112 valence electrons. The van der Waals surface area contributed by atoms with Gasteiger partial charge in [0.2, 0.25) is 0 Å². The first-order valence-electron chi connectivity index (χ1n) is 6.10. The average Bonchev–Trinajstić information content (AvgIpc) is 2.37. The first-order chi connectivity index (χ1) is 9.92. The fraction of sp³-hybridized carbons (Fsp3) is 0.154. The summed E-state index contributed by atoms with van der Waals surface area (Å²) in [6, 6.07) is 7.77. The van der Waals surface area contributed by atoms with Crippen LogP contribution in [0.5, 0.6) is 0 Å². The van der Waals surface area contributed by atoms with E-state index in [-0.39, 0.29) is 10.7 Å². The van der Waals surface area contributed by atoms with Crippen LogP contribution < -0.4 is 10.0 Å². The van der Waals surface area contributed by atoms with Crippen LogP contribution >= 0.6 is 23.2 Å². The van der Waals surface area contributed by atoms with E-state index >= 15 is 0 Å². The maximum atomic E-state index is 12.4. The number of benzene rings is 1. The molecule has 0 bridgehead atoms. The molecule has 2 rings (SSSR count). The van der Waals surface area contributed by atoms with Gasteiger partial charge in [0.15, 0.2) is 5.03 Å². The van der Waals surface area contributed by atoms with Crippen LogP contribution in [0.4, 0.5) is 11.4 Å². The number of pyridine rings is 1. The van der Waals surface area contributed by atoms with E-state index in [1.54, 1.807) is 12.1 Å². The van der Waals surface area contributed by atoms with Crippen molar-refractivity contribution in [2.45, 2.75) is 11.9 Å². The minimum Gasteiger partial charge on any atom is -0.383 e. The summed E-state index contributed by atoms with van der Waals surface area (Å²) in [5, 5.41) is 3.56. The van der Waals surface area contributed by atoms with Crippen LogP contribution in [0.2, 0.25) is 10.0 Å². The molecule has 1 aromatic heterocycles. The van der Waals surface area contributed by atoms with E-state index < -0.39 is 10.0 Å². The highest BCUT2D eigenvalue weighted by atomic mass is 35.5. The summed E-state index contributed by atoms with van der Waals surface area (Å²) >= 11 is 11.7. The van der Waals surface area contributed by atoms with E-state index in [0.29, 0.717) is 22.3 Å². The molecule has 2 N–H and O–H groups in total. The van der Waals surface area contributed by atoms with Gasteiger partial charge >= 0.3 is 0 Å². The Balaban J connectivity index is 2.38. The SMILES string of the molecule is CCNc1cccnc1S(=O)(=O)Nc1cc(Cl)cc(Cl)c1. The Bertz CT molecular complexity index is 731. The van der Waals surface area contributed by atoms with Crippen molar-refractivity contribution >= 4 is 44.6 Å². The van der Waals surface area contributed by atoms with Gasteiger partial charge in [-0.2, -0.15) is 8.42 Å². The second-order valence-corrected chi connectivity index (χ2v) is 6.62. The number of aromatic nitrogens is 1. The second-order valence-electron chi connectivity index (χ2n) is 4.15. The summed E-state index contributed by atoms with van der Waals surface area (Å²) < 4.78 is 27.3. The summed E-state index contributed by atoms with van der Waals surface area (Å²) in [6.45, 7) is 2.45. The highest BCUT2D eigenvalue weighted by molar-refractivity contribution is 7.92. The van der Waals surface area contributed by atoms with E-state index in [1.165, 1.54) is 24.4 Å². The van der Waals surface area contributed by atoms with Gasteiger partial charge < -0.3 is 5.32 Å². The largest absolute Gasteiger partial charge is 0.383 e. The maximum Gasteiger partial charge on any atom is 0.281 e. The predicted octanol–water partition coefficient (Wildman–Crippen LogP) is 3.62. The molecule has 21 heavy (non-hydrogen) atoms. The lowest BCUT2D eigenvalue weighted by molar-refractivity contribution is 0.598. The average molecular weight is 346 g/mol. The van der Waals surface area contributed by atoms with E-state index in [2.05, 4.69) is 15.0 Å². The first-order valence-corrected chi connectivity index (χ1v) is 8.34. The Morgan fingerprint density at radius 2 is 1.86 bits per heavy atom. The molecule has 2 aromatic rings. The van der Waals surface area contributed by atoms with Crippen molar-refractivity contribution < 1.29 is 8.42 Å². The third-order valence-electron chi connectivity index (χ3n) is 2.51. The van der Waals surface area contributed by atoms with Crippen molar-refractivity contribution in [3.05, 3.63) is 46.6 Å². The quantitative estimate of drug-likeness (QED) is 0.867. The number of hydrogen-bond donors (Lipinski definition) is 2. The van der Waals surface area contributed by atoms with Gasteiger partial charge in [0, 0.05) is 22.8 Å². The number of nitrogens with zero attached hydrogens (tertiary/aromatic N) is 1. The van der Waals surface area contributed by atoms with Gasteiger partial charge in [-0.1, -0.05) is 23.2 Å². The lowest BCUT2D eigenvalue weighted by Gasteiger charge is -2.12. The number of anilines is 2. The zero-order chi connectivity index (χ0) is 15.5. The van der Waals surface area contributed by atoms with Gasteiger partial charge in [-0.3, -0.25) is 4.72 Å². The van der Waals surface area contributed by atoms with Gasteiger partial charge in [-0.15, -0.1) is 0 Å². The lowest BCUT2D eigenvalue weighted by atomic mass is 10.3. The molecule has 0 radical (unpaired) electrons. The number of hydrogen-bond acceptors (Lipinski definition) is 4. The molecule has 0 amide bonds. The van der Waals surface area contributed by atoms with Crippen LogP contribution in [0.15, 0.2) is 41.6 Å². The van der Waals surface area contributed by atoms with Gasteiger partial charge in [0.05, 0.1) is 11.4 Å². The Kier molecular flexibility index (Phi) is 4.92. The van der Waals surface area contributed by atoms with Crippen LogP contribution in [0, 0.1) is 0 Å². The second kappa shape index (κ2) is 6.51. The van der Waals surface area contributed by atoms with Gasteiger partial charge in [-0.05, 0) is 37.3 Å². The zero-order valence-corrected chi connectivity index (χ0v) is 13.4. The summed E-state index contributed by atoms with van der Waals surface area (Å²) in [4.78, 5) is 3.93. The molecule has 0 saturated carbocycles. The number of nitrogens with one attached hydrogen (secondary N) is 2.